The van der Waals surface area contributed by atoms with Crippen LogP contribution in [0.25, 0.3) is 0 Å². The molecule has 1 aliphatic rings. The van der Waals surface area contributed by atoms with Gasteiger partial charge in [0.2, 0.25) is 0 Å². The van der Waals surface area contributed by atoms with E-state index in [2.05, 4.69) is 4.90 Å². The van der Waals surface area contributed by atoms with Gasteiger partial charge in [0.1, 0.15) is 6.67 Å². The quantitative estimate of drug-likeness (QED) is 0.726. The summed E-state index contributed by atoms with van der Waals surface area (Å²) in [5.74, 6) is 0. The molecule has 0 aromatic rings. The monoisotopic (exact) mass is 320 g/mol. The summed E-state index contributed by atoms with van der Waals surface area (Å²) >= 11 is 0. The fraction of sp³-hybridized carbons (Fsp3) is 0.667. The fourth-order valence-electron chi connectivity index (χ4n) is 0.752. The van der Waals surface area contributed by atoms with Gasteiger partial charge in [-0.05, 0) is 6.92 Å². The van der Waals surface area contributed by atoms with Crippen LogP contribution in [0.3, 0.4) is 0 Å². The van der Waals surface area contributed by atoms with Crippen molar-refractivity contribution in [3.8, 4) is 0 Å². The molecule has 8 heteroatoms. The number of hydroxylamine groups is 2. The maximum atomic E-state index is 5.18. The van der Waals surface area contributed by atoms with Crippen molar-refractivity contribution in [3.05, 3.63) is 12.4 Å². The van der Waals surface area contributed by atoms with E-state index in [1.165, 1.54) is 0 Å². The zero-order valence-electron chi connectivity index (χ0n) is 8.00. The van der Waals surface area contributed by atoms with Gasteiger partial charge in [-0.2, -0.15) is 0 Å². The summed E-state index contributed by atoms with van der Waals surface area (Å²) in [6.07, 6.45) is 3.90. The maximum Gasteiger partial charge on any atom is 0.115 e. The van der Waals surface area contributed by atoms with Crippen LogP contribution in [0.4, 0.5) is 0 Å². The van der Waals surface area contributed by atoms with Gasteiger partial charge in [-0.25, -0.2) is 5.06 Å². The van der Waals surface area contributed by atoms with Crippen LogP contribution in [0.2, 0.25) is 0 Å². The molecule has 0 unspecified atom stereocenters. The van der Waals surface area contributed by atoms with Gasteiger partial charge >= 0.3 is 0 Å². The van der Waals surface area contributed by atoms with Crippen molar-refractivity contribution in [2.24, 2.45) is 0 Å². The molecule has 0 saturated heterocycles. The molecule has 0 N–H and O–H groups in total. The predicted octanol–water partition coefficient (Wildman–Crippen LogP) is 2.30. The molecular formula is C6H16Cl4N2OTi. The Morgan fingerprint density at radius 1 is 1.14 bits per heavy atom. The maximum absolute atomic E-state index is 5.18. The number of nitrogens with zero attached hydrogens (tertiary/aromatic N) is 2. The third-order valence-corrected chi connectivity index (χ3v) is 1.14. The van der Waals surface area contributed by atoms with Gasteiger partial charge < -0.3 is 4.90 Å². The van der Waals surface area contributed by atoms with Gasteiger partial charge in [-0.15, -0.1) is 49.6 Å². The van der Waals surface area contributed by atoms with Crippen LogP contribution in [0.15, 0.2) is 12.4 Å². The van der Waals surface area contributed by atoms with E-state index in [0.717, 1.165) is 13.3 Å². The van der Waals surface area contributed by atoms with Gasteiger partial charge in [-0.3, -0.25) is 4.84 Å². The Labute approximate surface area is 125 Å². The zero-order valence-corrected chi connectivity index (χ0v) is 12.8. The van der Waals surface area contributed by atoms with Gasteiger partial charge in [0.25, 0.3) is 0 Å². The van der Waals surface area contributed by atoms with Crippen LogP contribution in [-0.4, -0.2) is 30.3 Å². The molecule has 0 amide bonds. The van der Waals surface area contributed by atoms with Crippen molar-refractivity contribution in [2.45, 2.75) is 6.92 Å². The van der Waals surface area contributed by atoms with Gasteiger partial charge in [-0.1, -0.05) is 0 Å². The van der Waals surface area contributed by atoms with Crippen molar-refractivity contribution in [2.75, 3.05) is 20.3 Å². The van der Waals surface area contributed by atoms with E-state index in [9.17, 15) is 0 Å². The first-order valence-corrected chi connectivity index (χ1v) is 3.11. The van der Waals surface area contributed by atoms with Gasteiger partial charge in [0.15, 0.2) is 0 Å². The first kappa shape index (κ1) is 29.5. The smallest absolute Gasteiger partial charge is 0.115 e. The Hall–Kier alpha value is 1.17. The molecule has 3 nitrogen and oxygen atoms in total. The second-order valence-corrected chi connectivity index (χ2v) is 2.03. The minimum atomic E-state index is 0. The summed E-state index contributed by atoms with van der Waals surface area (Å²) in [7, 11) is 2.01. The van der Waals surface area contributed by atoms with Crippen LogP contribution >= 0.6 is 49.6 Å². The number of hydrogen-bond donors (Lipinski definition) is 0. The Balaban J connectivity index is -0.0000000540. The Morgan fingerprint density at radius 3 is 1.93 bits per heavy atom. The van der Waals surface area contributed by atoms with E-state index >= 15 is 0 Å². The topological polar surface area (TPSA) is 15.7 Å². The Bertz CT molecular complexity index is 130. The Morgan fingerprint density at radius 2 is 1.64 bits per heavy atom. The molecule has 0 aromatic heterocycles. The molecule has 0 saturated carbocycles. The molecule has 14 heavy (non-hydrogen) atoms. The molecule has 0 atom stereocenters. The molecule has 1 aliphatic heterocycles. The van der Waals surface area contributed by atoms with E-state index < -0.39 is 0 Å². The second-order valence-electron chi connectivity index (χ2n) is 2.03. The minimum Gasteiger partial charge on any atom is -0.360 e. The molecule has 0 aromatic carbocycles. The van der Waals surface area contributed by atoms with E-state index in [1.54, 1.807) is 5.06 Å². The SMILES string of the molecule is CCON1C=CN(C)C1.Cl.Cl.Cl.Cl.[Ti]. The van der Waals surface area contributed by atoms with Gasteiger partial charge in [0, 0.05) is 41.2 Å². The van der Waals surface area contributed by atoms with E-state index in [4.69, 9.17) is 4.84 Å². The van der Waals surface area contributed by atoms with Crippen molar-refractivity contribution >= 4 is 49.6 Å². The molecule has 0 fully saturated rings. The number of hydrogen-bond acceptors (Lipinski definition) is 3. The standard InChI is InChI=1S/C6H12N2O.4ClH.Ti/c1-3-9-8-5-4-7(2)6-8;;;;;/h4-5H,3,6H2,1-2H3;4*1H;. The largest absolute Gasteiger partial charge is 0.360 e. The number of halogens is 4. The van der Waals surface area contributed by atoms with Gasteiger partial charge in [0.05, 0.1) is 6.61 Å². The number of rotatable bonds is 2. The second kappa shape index (κ2) is 16.6. The minimum absolute atomic E-state index is 0. The first-order valence-electron chi connectivity index (χ1n) is 3.11. The fourth-order valence-corrected chi connectivity index (χ4v) is 0.752. The average Bonchev–Trinajstić information content (AvgIpc) is 2.17. The third kappa shape index (κ3) is 11.3. The van der Waals surface area contributed by atoms with Crippen molar-refractivity contribution in [3.63, 3.8) is 0 Å². The summed E-state index contributed by atoms with van der Waals surface area (Å²) in [6.45, 7) is 3.55. The van der Waals surface area contributed by atoms with Crippen LogP contribution < -0.4 is 0 Å². The Kier molecular flexibility index (Phi) is 34.9. The molecule has 0 aliphatic carbocycles. The first-order chi connectivity index (χ1) is 4.33. The van der Waals surface area contributed by atoms with Crippen LogP contribution in [0.5, 0.6) is 0 Å². The summed E-state index contributed by atoms with van der Waals surface area (Å²) in [5.41, 5.74) is 0. The van der Waals surface area contributed by atoms with Crippen molar-refractivity contribution < 1.29 is 26.6 Å². The molecular weight excluding hydrogens is 306 g/mol. The molecule has 1 heterocycles. The van der Waals surface area contributed by atoms with Crippen molar-refractivity contribution in [1.29, 1.82) is 0 Å². The molecule has 88 valence electrons. The zero-order chi connectivity index (χ0) is 6.69. The van der Waals surface area contributed by atoms with E-state index in [-0.39, 0.29) is 71.3 Å². The van der Waals surface area contributed by atoms with Crippen LogP contribution in [-0.2, 0) is 26.6 Å². The van der Waals surface area contributed by atoms with Crippen molar-refractivity contribution in [1.82, 2.24) is 9.96 Å². The third-order valence-electron chi connectivity index (χ3n) is 1.14. The molecule has 0 bridgehead atoms. The van der Waals surface area contributed by atoms with E-state index in [1.807, 2.05) is 26.4 Å². The molecule has 0 radical (unpaired) electrons. The average molecular weight is 322 g/mol. The summed E-state index contributed by atoms with van der Waals surface area (Å²) in [4.78, 5) is 7.23. The predicted molar refractivity (Wildman–Crippen MR) is 64.2 cm³/mol. The molecule has 0 spiro atoms. The molecule has 1 rings (SSSR count). The van der Waals surface area contributed by atoms with Crippen LogP contribution in [0.1, 0.15) is 6.92 Å². The summed E-state index contributed by atoms with van der Waals surface area (Å²) in [6, 6.07) is 0. The summed E-state index contributed by atoms with van der Waals surface area (Å²) < 4.78 is 0. The normalized spacial score (nSPS) is 11.3. The van der Waals surface area contributed by atoms with Crippen LogP contribution in [0, 0.1) is 0 Å². The van der Waals surface area contributed by atoms with E-state index in [0.29, 0.717) is 0 Å². The summed E-state index contributed by atoms with van der Waals surface area (Å²) in [5, 5.41) is 1.81.